The molecule has 2 aliphatic heterocycles. The average molecular weight is 278 g/mol. The van der Waals surface area contributed by atoms with E-state index in [2.05, 4.69) is 23.8 Å². The van der Waals surface area contributed by atoms with Gasteiger partial charge in [-0.1, -0.05) is 6.07 Å². The lowest BCUT2D eigenvalue weighted by atomic mass is 10.0. The molecular formula is C16H23FN2O. The van der Waals surface area contributed by atoms with Gasteiger partial charge in [0, 0.05) is 42.8 Å². The van der Waals surface area contributed by atoms with E-state index >= 15 is 0 Å². The number of nitrogens with zero attached hydrogens (tertiary/aromatic N) is 2. The van der Waals surface area contributed by atoms with Gasteiger partial charge in [0.1, 0.15) is 11.6 Å². The van der Waals surface area contributed by atoms with Crippen LogP contribution in [0.5, 0.6) is 5.75 Å². The van der Waals surface area contributed by atoms with Gasteiger partial charge in [0.15, 0.2) is 0 Å². The number of likely N-dealkylation sites (N-methyl/N-ethyl adjacent to an activating group) is 1. The molecule has 0 radical (unpaired) electrons. The Kier molecular flexibility index (Phi) is 3.69. The lowest BCUT2D eigenvalue weighted by molar-refractivity contribution is 0.179. The smallest absolute Gasteiger partial charge is 0.126 e. The highest BCUT2D eigenvalue weighted by Gasteiger charge is 2.36. The summed E-state index contributed by atoms with van der Waals surface area (Å²) in [5.74, 6) is -0.312. The topological polar surface area (TPSA) is 26.7 Å². The number of rotatable bonds is 2. The number of benzene rings is 1. The van der Waals surface area contributed by atoms with Crippen LogP contribution < -0.4 is 0 Å². The van der Waals surface area contributed by atoms with Gasteiger partial charge in [-0.05, 0) is 39.3 Å². The van der Waals surface area contributed by atoms with Crippen LogP contribution in [0.1, 0.15) is 37.8 Å². The van der Waals surface area contributed by atoms with Crippen molar-refractivity contribution < 1.29 is 9.50 Å². The number of fused-ring (bicyclic) bond motifs is 2. The first-order valence-electron chi connectivity index (χ1n) is 7.50. The SMILES string of the molecule is CC(c1ccc(F)cc1O)N1CCC2CCC(C1)N2C. The van der Waals surface area contributed by atoms with Crippen LogP contribution in [0.15, 0.2) is 18.2 Å². The fraction of sp³-hybridized carbons (Fsp3) is 0.625. The molecule has 2 fully saturated rings. The van der Waals surface area contributed by atoms with E-state index in [1.165, 1.54) is 31.4 Å². The Bertz CT molecular complexity index is 493. The Morgan fingerprint density at radius 3 is 2.75 bits per heavy atom. The molecule has 2 heterocycles. The molecule has 3 unspecified atom stereocenters. The third kappa shape index (κ3) is 2.42. The van der Waals surface area contributed by atoms with Gasteiger partial charge in [-0.15, -0.1) is 0 Å². The highest BCUT2D eigenvalue weighted by molar-refractivity contribution is 5.35. The number of hydrogen-bond acceptors (Lipinski definition) is 3. The van der Waals surface area contributed by atoms with Crippen molar-refractivity contribution in [3.63, 3.8) is 0 Å². The largest absolute Gasteiger partial charge is 0.508 e. The molecule has 3 atom stereocenters. The Morgan fingerprint density at radius 2 is 2.00 bits per heavy atom. The molecule has 4 heteroatoms. The molecule has 0 spiro atoms. The van der Waals surface area contributed by atoms with Crippen molar-refractivity contribution in [1.29, 1.82) is 0 Å². The Labute approximate surface area is 120 Å². The van der Waals surface area contributed by atoms with E-state index < -0.39 is 0 Å². The summed E-state index contributed by atoms with van der Waals surface area (Å²) in [5.41, 5.74) is 0.826. The van der Waals surface area contributed by atoms with Gasteiger partial charge in [0.05, 0.1) is 0 Å². The molecule has 20 heavy (non-hydrogen) atoms. The molecule has 2 aliphatic rings. The van der Waals surface area contributed by atoms with Crippen LogP contribution in [0, 0.1) is 5.82 Å². The summed E-state index contributed by atoms with van der Waals surface area (Å²) < 4.78 is 13.1. The molecule has 0 amide bonds. The first-order chi connectivity index (χ1) is 9.56. The van der Waals surface area contributed by atoms with E-state index in [1.807, 2.05) is 0 Å². The van der Waals surface area contributed by atoms with Crippen LogP contribution in [0.2, 0.25) is 0 Å². The van der Waals surface area contributed by atoms with Gasteiger partial charge in [-0.3, -0.25) is 9.80 Å². The summed E-state index contributed by atoms with van der Waals surface area (Å²) in [5, 5.41) is 9.97. The molecule has 1 aromatic rings. The second-order valence-corrected chi connectivity index (χ2v) is 6.21. The summed E-state index contributed by atoms with van der Waals surface area (Å²) in [6.45, 7) is 4.18. The second kappa shape index (κ2) is 5.34. The molecule has 3 nitrogen and oxygen atoms in total. The minimum atomic E-state index is -0.381. The number of hydrogen-bond donors (Lipinski definition) is 1. The maximum absolute atomic E-state index is 13.1. The lowest BCUT2D eigenvalue weighted by Crippen LogP contribution is -2.37. The number of phenols is 1. The third-order valence-electron chi connectivity index (χ3n) is 5.17. The van der Waals surface area contributed by atoms with Crippen molar-refractivity contribution in [3.05, 3.63) is 29.6 Å². The predicted octanol–water partition coefficient (Wildman–Crippen LogP) is 2.76. The summed E-state index contributed by atoms with van der Waals surface area (Å²) >= 11 is 0. The zero-order chi connectivity index (χ0) is 14.3. The van der Waals surface area contributed by atoms with Gasteiger partial charge in [0.25, 0.3) is 0 Å². The summed E-state index contributed by atoms with van der Waals surface area (Å²) in [4.78, 5) is 4.94. The molecule has 0 saturated carbocycles. The van der Waals surface area contributed by atoms with Gasteiger partial charge in [0.2, 0.25) is 0 Å². The molecular weight excluding hydrogens is 255 g/mol. The minimum absolute atomic E-state index is 0.0697. The Morgan fingerprint density at radius 1 is 1.25 bits per heavy atom. The van der Waals surface area contributed by atoms with Gasteiger partial charge in [-0.25, -0.2) is 4.39 Å². The van der Waals surface area contributed by atoms with Crippen molar-refractivity contribution in [2.24, 2.45) is 0 Å². The van der Waals surface area contributed by atoms with Crippen molar-refractivity contribution in [2.45, 2.75) is 44.3 Å². The van der Waals surface area contributed by atoms with Crippen molar-refractivity contribution in [3.8, 4) is 5.75 Å². The Hall–Kier alpha value is -1.13. The fourth-order valence-electron chi connectivity index (χ4n) is 3.75. The van der Waals surface area contributed by atoms with E-state index in [0.717, 1.165) is 18.7 Å². The van der Waals surface area contributed by atoms with Crippen molar-refractivity contribution in [2.75, 3.05) is 20.1 Å². The number of halogens is 1. The van der Waals surface area contributed by atoms with Crippen LogP contribution in [0.3, 0.4) is 0 Å². The predicted molar refractivity (Wildman–Crippen MR) is 77.2 cm³/mol. The van der Waals surface area contributed by atoms with Crippen LogP contribution in [0.25, 0.3) is 0 Å². The number of aromatic hydroxyl groups is 1. The summed E-state index contributed by atoms with van der Waals surface area (Å²) in [6.07, 6.45) is 3.75. The zero-order valence-corrected chi connectivity index (χ0v) is 12.2. The van der Waals surface area contributed by atoms with Crippen molar-refractivity contribution in [1.82, 2.24) is 9.80 Å². The maximum atomic E-state index is 13.1. The average Bonchev–Trinajstić information content (AvgIpc) is 2.62. The van der Waals surface area contributed by atoms with E-state index in [0.29, 0.717) is 12.1 Å². The standard InChI is InChI=1S/C16H23FN2O/c1-11(15-6-3-12(17)9-16(15)20)19-8-7-13-4-5-14(10-19)18(13)2/h3,6,9,11,13-14,20H,4-5,7-8,10H2,1-2H3. The highest BCUT2D eigenvalue weighted by atomic mass is 19.1. The molecule has 1 N–H and O–H groups in total. The number of phenolic OH excluding ortho intramolecular Hbond substituents is 1. The first-order valence-corrected chi connectivity index (χ1v) is 7.50. The van der Waals surface area contributed by atoms with Crippen LogP contribution in [0.4, 0.5) is 4.39 Å². The van der Waals surface area contributed by atoms with E-state index in [4.69, 9.17) is 0 Å². The van der Waals surface area contributed by atoms with Gasteiger partial charge in [-0.2, -0.15) is 0 Å². The minimum Gasteiger partial charge on any atom is -0.508 e. The molecule has 0 aromatic heterocycles. The molecule has 110 valence electrons. The first kappa shape index (κ1) is 13.8. The quantitative estimate of drug-likeness (QED) is 0.901. The van der Waals surface area contributed by atoms with E-state index in [1.54, 1.807) is 6.07 Å². The van der Waals surface area contributed by atoms with Crippen LogP contribution in [-0.4, -0.2) is 47.1 Å². The number of likely N-dealkylation sites (tertiary alicyclic amines) is 1. The highest BCUT2D eigenvalue weighted by Crippen LogP contribution is 2.34. The lowest BCUT2D eigenvalue weighted by Gasteiger charge is -2.31. The zero-order valence-electron chi connectivity index (χ0n) is 12.2. The van der Waals surface area contributed by atoms with Gasteiger partial charge >= 0.3 is 0 Å². The molecule has 2 saturated heterocycles. The fourth-order valence-corrected chi connectivity index (χ4v) is 3.75. The van der Waals surface area contributed by atoms with Crippen LogP contribution >= 0.6 is 0 Å². The molecule has 1 aromatic carbocycles. The van der Waals surface area contributed by atoms with Gasteiger partial charge < -0.3 is 5.11 Å². The Balaban J connectivity index is 1.78. The summed E-state index contributed by atoms with van der Waals surface area (Å²) in [7, 11) is 2.23. The van der Waals surface area contributed by atoms with E-state index in [-0.39, 0.29) is 17.6 Å². The molecule has 2 bridgehead atoms. The van der Waals surface area contributed by atoms with Crippen molar-refractivity contribution >= 4 is 0 Å². The molecule has 0 aliphatic carbocycles. The normalized spacial score (nSPS) is 29.4. The third-order valence-corrected chi connectivity index (χ3v) is 5.17. The molecule has 3 rings (SSSR count). The van der Waals surface area contributed by atoms with E-state index in [9.17, 15) is 9.50 Å². The van der Waals surface area contributed by atoms with Crippen LogP contribution in [-0.2, 0) is 0 Å². The monoisotopic (exact) mass is 278 g/mol. The summed E-state index contributed by atoms with van der Waals surface area (Å²) in [6, 6.07) is 5.81. The second-order valence-electron chi connectivity index (χ2n) is 6.21. The maximum Gasteiger partial charge on any atom is 0.126 e.